The Morgan fingerprint density at radius 3 is 2.60 bits per heavy atom. The highest BCUT2D eigenvalue weighted by Gasteiger charge is 2.36. The molecular weight excluding hydrogens is 422 g/mol. The molecule has 0 fully saturated rings. The van der Waals surface area contributed by atoms with E-state index in [2.05, 4.69) is 5.32 Å². The van der Waals surface area contributed by atoms with Gasteiger partial charge in [-0.25, -0.2) is 8.42 Å². The molecule has 6 nitrogen and oxygen atoms in total. The van der Waals surface area contributed by atoms with Crippen molar-refractivity contribution in [1.82, 2.24) is 0 Å². The molecule has 1 amide bonds. The molecule has 0 spiro atoms. The first-order valence-electron chi connectivity index (χ1n) is 9.48. The molecule has 0 saturated carbocycles. The first kappa shape index (κ1) is 20.4. The molecule has 1 atom stereocenters. The number of ether oxygens (including phenoxy) is 2. The fourth-order valence-corrected chi connectivity index (χ4v) is 6.57. The molecule has 1 N–H and O–H groups in total. The maximum Gasteiger partial charge on any atom is 0.225 e. The second-order valence-electron chi connectivity index (χ2n) is 6.77. The first-order chi connectivity index (χ1) is 14.5. The third-order valence-corrected chi connectivity index (χ3v) is 8.03. The Hall–Kier alpha value is -2.84. The van der Waals surface area contributed by atoms with E-state index in [4.69, 9.17) is 9.47 Å². The van der Waals surface area contributed by atoms with Gasteiger partial charge in [0.25, 0.3) is 0 Å². The topological polar surface area (TPSA) is 81.7 Å². The van der Waals surface area contributed by atoms with Crippen LogP contribution in [0.2, 0.25) is 0 Å². The number of para-hydroxylation sites is 1. The zero-order chi connectivity index (χ0) is 21.3. The predicted molar refractivity (Wildman–Crippen MR) is 115 cm³/mol. The minimum atomic E-state index is -3.76. The number of carbonyl (C=O) groups is 1. The van der Waals surface area contributed by atoms with Gasteiger partial charge in [-0.1, -0.05) is 30.3 Å². The van der Waals surface area contributed by atoms with Gasteiger partial charge in [0.1, 0.15) is 4.90 Å². The van der Waals surface area contributed by atoms with E-state index < -0.39 is 9.84 Å². The summed E-state index contributed by atoms with van der Waals surface area (Å²) >= 11 is 1.33. The standard InChI is InChI=1S/C22H21NO5S2/c1-3-28-21-15(10-7-11-17(21)27-2)16-12-19(24)23-20-18(13-29-22(16)20)30(25,26)14-8-5-4-6-9-14/h4-11,13,16H,3,12H2,1-2H3,(H,23,24)/t16-/m0/s1. The summed E-state index contributed by atoms with van der Waals surface area (Å²) in [4.78, 5) is 13.7. The van der Waals surface area contributed by atoms with Gasteiger partial charge in [0.2, 0.25) is 15.7 Å². The van der Waals surface area contributed by atoms with Gasteiger partial charge in [-0.2, -0.15) is 0 Å². The summed E-state index contributed by atoms with van der Waals surface area (Å²) in [6.07, 6.45) is 0.200. The van der Waals surface area contributed by atoms with Crippen LogP contribution in [0.25, 0.3) is 0 Å². The first-order valence-corrected chi connectivity index (χ1v) is 11.8. The van der Waals surface area contributed by atoms with Crippen LogP contribution < -0.4 is 14.8 Å². The lowest BCUT2D eigenvalue weighted by molar-refractivity contribution is -0.116. The van der Waals surface area contributed by atoms with E-state index in [1.54, 1.807) is 48.9 Å². The Labute approximate surface area is 179 Å². The molecule has 1 aliphatic rings. The van der Waals surface area contributed by atoms with E-state index in [0.717, 1.165) is 10.4 Å². The van der Waals surface area contributed by atoms with Gasteiger partial charge in [-0.3, -0.25) is 4.79 Å². The Morgan fingerprint density at radius 2 is 1.90 bits per heavy atom. The summed E-state index contributed by atoms with van der Waals surface area (Å²) in [5.41, 5.74) is 1.16. The fraction of sp³-hybridized carbons (Fsp3) is 0.227. The second kappa shape index (κ2) is 8.12. The molecule has 8 heteroatoms. The molecule has 0 aliphatic carbocycles. The van der Waals surface area contributed by atoms with Crippen molar-refractivity contribution in [3.8, 4) is 11.5 Å². The molecule has 0 saturated heterocycles. The Morgan fingerprint density at radius 1 is 1.13 bits per heavy atom. The van der Waals surface area contributed by atoms with E-state index in [0.29, 0.717) is 23.8 Å². The van der Waals surface area contributed by atoms with Crippen molar-refractivity contribution >= 4 is 32.8 Å². The summed E-state index contributed by atoms with van der Waals surface area (Å²) in [5.74, 6) is 0.598. The van der Waals surface area contributed by atoms with Crippen LogP contribution in [-0.4, -0.2) is 28.0 Å². The Bertz CT molecular complexity index is 1190. The van der Waals surface area contributed by atoms with Crippen LogP contribution >= 0.6 is 11.3 Å². The van der Waals surface area contributed by atoms with Crippen LogP contribution in [0.1, 0.15) is 29.7 Å². The number of nitrogens with one attached hydrogen (secondary N) is 1. The van der Waals surface area contributed by atoms with Crippen molar-refractivity contribution in [2.24, 2.45) is 0 Å². The molecule has 3 aromatic rings. The number of sulfone groups is 1. The summed E-state index contributed by atoms with van der Waals surface area (Å²) in [7, 11) is -2.19. The number of hydrogen-bond acceptors (Lipinski definition) is 6. The van der Waals surface area contributed by atoms with Gasteiger partial charge in [0.05, 0.1) is 24.3 Å². The monoisotopic (exact) mass is 443 g/mol. The number of methoxy groups -OCH3 is 1. The van der Waals surface area contributed by atoms with Crippen LogP contribution in [-0.2, 0) is 14.6 Å². The quantitative estimate of drug-likeness (QED) is 0.608. The van der Waals surface area contributed by atoms with Crippen molar-refractivity contribution in [3.63, 3.8) is 0 Å². The normalized spacial score (nSPS) is 15.9. The van der Waals surface area contributed by atoms with Gasteiger partial charge in [-0.15, -0.1) is 11.3 Å². The Balaban J connectivity index is 1.86. The molecule has 1 aromatic heterocycles. The smallest absolute Gasteiger partial charge is 0.225 e. The molecule has 1 aliphatic heterocycles. The molecule has 2 heterocycles. The third kappa shape index (κ3) is 3.46. The van der Waals surface area contributed by atoms with Crippen LogP contribution in [0, 0.1) is 0 Å². The number of benzene rings is 2. The van der Waals surface area contributed by atoms with E-state index in [1.165, 1.54) is 11.3 Å². The summed E-state index contributed by atoms with van der Waals surface area (Å²) in [5, 5.41) is 4.39. The van der Waals surface area contributed by atoms with Crippen molar-refractivity contribution in [1.29, 1.82) is 0 Å². The van der Waals surface area contributed by atoms with Crippen molar-refractivity contribution in [3.05, 3.63) is 64.4 Å². The zero-order valence-corrected chi connectivity index (χ0v) is 18.2. The average molecular weight is 444 g/mol. The number of amides is 1. The highest BCUT2D eigenvalue weighted by atomic mass is 32.2. The molecule has 0 bridgehead atoms. The molecule has 30 heavy (non-hydrogen) atoms. The van der Waals surface area contributed by atoms with E-state index in [-0.39, 0.29) is 28.0 Å². The molecular formula is C22H21NO5S2. The predicted octanol–water partition coefficient (Wildman–Crippen LogP) is 4.46. The molecule has 4 rings (SSSR count). The number of rotatable bonds is 6. The fourth-order valence-electron chi connectivity index (χ4n) is 3.65. The number of hydrogen-bond donors (Lipinski definition) is 1. The van der Waals surface area contributed by atoms with Crippen LogP contribution in [0.3, 0.4) is 0 Å². The van der Waals surface area contributed by atoms with Crippen molar-refractivity contribution in [2.75, 3.05) is 19.0 Å². The Kier molecular flexibility index (Phi) is 5.53. The lowest BCUT2D eigenvalue weighted by atomic mass is 9.89. The van der Waals surface area contributed by atoms with Crippen molar-refractivity contribution < 1.29 is 22.7 Å². The molecule has 0 radical (unpaired) electrons. The average Bonchev–Trinajstić information content (AvgIpc) is 3.19. The van der Waals surface area contributed by atoms with E-state index >= 15 is 0 Å². The number of thiophene rings is 1. The largest absolute Gasteiger partial charge is 0.493 e. The van der Waals surface area contributed by atoms with Gasteiger partial charge in [0.15, 0.2) is 11.5 Å². The molecule has 0 unspecified atom stereocenters. The second-order valence-corrected chi connectivity index (χ2v) is 9.60. The van der Waals surface area contributed by atoms with Crippen LogP contribution in [0.4, 0.5) is 5.69 Å². The van der Waals surface area contributed by atoms with Crippen molar-refractivity contribution in [2.45, 2.75) is 29.1 Å². The molecule has 2 aromatic carbocycles. The van der Waals surface area contributed by atoms with Crippen LogP contribution in [0.5, 0.6) is 11.5 Å². The highest BCUT2D eigenvalue weighted by Crippen LogP contribution is 2.49. The van der Waals surface area contributed by atoms with Crippen LogP contribution in [0.15, 0.2) is 63.7 Å². The SMILES string of the molecule is CCOc1c(OC)cccc1[C@@H]1CC(=O)Nc2c(S(=O)(=O)c3ccccc3)csc21. The van der Waals surface area contributed by atoms with Gasteiger partial charge in [0, 0.05) is 28.2 Å². The minimum absolute atomic E-state index is 0.118. The lowest BCUT2D eigenvalue weighted by Crippen LogP contribution is -2.24. The summed E-state index contributed by atoms with van der Waals surface area (Å²) in [6, 6.07) is 13.8. The maximum absolute atomic E-state index is 13.2. The maximum atomic E-state index is 13.2. The van der Waals surface area contributed by atoms with E-state index in [9.17, 15) is 13.2 Å². The number of anilines is 1. The number of fused-ring (bicyclic) bond motifs is 1. The highest BCUT2D eigenvalue weighted by molar-refractivity contribution is 7.91. The lowest BCUT2D eigenvalue weighted by Gasteiger charge is -2.26. The summed E-state index contributed by atoms with van der Waals surface area (Å²) < 4.78 is 37.7. The van der Waals surface area contributed by atoms with E-state index in [1.807, 2.05) is 19.1 Å². The molecule has 156 valence electrons. The minimum Gasteiger partial charge on any atom is -0.493 e. The summed E-state index contributed by atoms with van der Waals surface area (Å²) in [6.45, 7) is 2.32. The van der Waals surface area contributed by atoms with Gasteiger partial charge >= 0.3 is 0 Å². The van der Waals surface area contributed by atoms with Gasteiger partial charge in [-0.05, 0) is 25.1 Å². The van der Waals surface area contributed by atoms with Gasteiger partial charge < -0.3 is 14.8 Å². The third-order valence-electron chi connectivity index (χ3n) is 4.99. The number of carbonyl (C=O) groups excluding carboxylic acids is 1. The zero-order valence-electron chi connectivity index (χ0n) is 16.5.